The van der Waals surface area contributed by atoms with E-state index in [9.17, 15) is 0 Å². The highest BCUT2D eigenvalue weighted by atomic mass is 15.0. The summed E-state index contributed by atoms with van der Waals surface area (Å²) in [4.78, 5) is 0. The zero-order valence-electron chi connectivity index (χ0n) is 11.1. The molecule has 0 radical (unpaired) electrons. The van der Waals surface area contributed by atoms with E-state index in [0.717, 1.165) is 13.1 Å². The molecule has 1 aliphatic heterocycles. The van der Waals surface area contributed by atoms with Gasteiger partial charge in [0.15, 0.2) is 0 Å². The second kappa shape index (κ2) is 3.36. The van der Waals surface area contributed by atoms with Gasteiger partial charge >= 0.3 is 0 Å². The number of hydrogen-bond donors (Lipinski definition) is 1. The van der Waals surface area contributed by atoms with Gasteiger partial charge in [-0.25, -0.2) is 0 Å². The quantitative estimate of drug-likeness (QED) is 0.733. The Labute approximate surface area is 103 Å². The summed E-state index contributed by atoms with van der Waals surface area (Å²) in [5, 5.41) is 4.97. The Kier molecular flexibility index (Phi) is 2.14. The van der Waals surface area contributed by atoms with Crippen LogP contribution in [0.25, 0.3) is 10.9 Å². The van der Waals surface area contributed by atoms with Gasteiger partial charge in [-0.05, 0) is 18.1 Å². The zero-order chi connectivity index (χ0) is 12.2. The maximum atomic E-state index is 3.53. The number of aromatic nitrogens is 1. The van der Waals surface area contributed by atoms with Gasteiger partial charge in [0.05, 0.1) is 5.52 Å². The van der Waals surface area contributed by atoms with E-state index in [1.54, 1.807) is 0 Å². The Morgan fingerprint density at radius 2 is 2.06 bits per heavy atom. The van der Waals surface area contributed by atoms with Crippen molar-refractivity contribution in [2.75, 3.05) is 6.54 Å². The average molecular weight is 228 g/mol. The van der Waals surface area contributed by atoms with Crippen LogP contribution in [0, 0.1) is 6.92 Å². The molecule has 1 aromatic heterocycles. The second-order valence-corrected chi connectivity index (χ2v) is 5.84. The topological polar surface area (TPSA) is 17.0 Å². The van der Waals surface area contributed by atoms with Crippen LogP contribution in [0.2, 0.25) is 0 Å². The molecule has 0 fully saturated rings. The number of nitrogens with zero attached hydrogens (tertiary/aromatic N) is 1. The molecule has 90 valence electrons. The number of hydrogen-bond acceptors (Lipinski definition) is 1. The van der Waals surface area contributed by atoms with Crippen LogP contribution in [-0.2, 0) is 19.0 Å². The van der Waals surface area contributed by atoms with Crippen molar-refractivity contribution in [1.29, 1.82) is 0 Å². The predicted molar refractivity (Wildman–Crippen MR) is 72.4 cm³/mol. The largest absolute Gasteiger partial charge is 0.346 e. The Morgan fingerprint density at radius 3 is 2.82 bits per heavy atom. The van der Waals surface area contributed by atoms with Crippen molar-refractivity contribution in [2.45, 2.75) is 32.7 Å². The van der Waals surface area contributed by atoms with Crippen LogP contribution >= 0.6 is 0 Å². The standard InChI is InChI=1S/C15H20N2/c1-10-6-5-7-11-13-12(17(4)14(10)11)8-16-9-15(13,2)3/h5-7,16H,8-9H2,1-4H3. The van der Waals surface area contributed by atoms with Crippen LogP contribution in [0.4, 0.5) is 0 Å². The minimum atomic E-state index is 0.223. The first-order chi connectivity index (χ1) is 8.02. The molecule has 2 heterocycles. The van der Waals surface area contributed by atoms with Crippen molar-refractivity contribution in [3.63, 3.8) is 0 Å². The van der Waals surface area contributed by atoms with Crippen molar-refractivity contribution in [2.24, 2.45) is 7.05 Å². The Morgan fingerprint density at radius 1 is 1.29 bits per heavy atom. The molecule has 1 N–H and O–H groups in total. The molecule has 2 heteroatoms. The lowest BCUT2D eigenvalue weighted by Gasteiger charge is -2.31. The smallest absolute Gasteiger partial charge is 0.0513 e. The number of fused-ring (bicyclic) bond motifs is 3. The first kappa shape index (κ1) is 10.8. The van der Waals surface area contributed by atoms with E-state index >= 15 is 0 Å². The fourth-order valence-electron chi connectivity index (χ4n) is 3.31. The highest BCUT2D eigenvalue weighted by Crippen LogP contribution is 2.38. The van der Waals surface area contributed by atoms with Gasteiger partial charge in [0.25, 0.3) is 0 Å². The summed E-state index contributed by atoms with van der Waals surface area (Å²) >= 11 is 0. The van der Waals surface area contributed by atoms with Crippen LogP contribution in [0.5, 0.6) is 0 Å². The number of para-hydroxylation sites is 1. The van der Waals surface area contributed by atoms with E-state index in [1.165, 1.54) is 27.7 Å². The summed E-state index contributed by atoms with van der Waals surface area (Å²) in [5.74, 6) is 0. The van der Waals surface area contributed by atoms with Gasteiger partial charge in [-0.15, -0.1) is 0 Å². The molecule has 0 atom stereocenters. The molecular formula is C15H20N2. The van der Waals surface area contributed by atoms with Gasteiger partial charge in [0, 0.05) is 36.6 Å². The normalized spacial score (nSPS) is 18.4. The van der Waals surface area contributed by atoms with E-state index in [1.807, 2.05) is 0 Å². The Balaban J connectivity index is 2.47. The molecular weight excluding hydrogens is 208 g/mol. The molecule has 0 bridgehead atoms. The third-order valence-corrected chi connectivity index (χ3v) is 4.07. The van der Waals surface area contributed by atoms with E-state index < -0.39 is 0 Å². The number of nitrogens with one attached hydrogen (secondary N) is 1. The van der Waals surface area contributed by atoms with Crippen molar-refractivity contribution in [3.05, 3.63) is 35.0 Å². The molecule has 0 saturated heterocycles. The van der Waals surface area contributed by atoms with Gasteiger partial charge in [0.1, 0.15) is 0 Å². The third kappa shape index (κ3) is 1.37. The van der Waals surface area contributed by atoms with Gasteiger partial charge in [-0.2, -0.15) is 0 Å². The number of aryl methyl sites for hydroxylation is 2. The van der Waals surface area contributed by atoms with E-state index in [-0.39, 0.29) is 5.41 Å². The lowest BCUT2D eigenvalue weighted by Crippen LogP contribution is -2.38. The zero-order valence-corrected chi connectivity index (χ0v) is 11.1. The number of benzene rings is 1. The average Bonchev–Trinajstić information content (AvgIpc) is 2.55. The van der Waals surface area contributed by atoms with Gasteiger partial charge < -0.3 is 9.88 Å². The minimum Gasteiger partial charge on any atom is -0.346 e. The summed E-state index contributed by atoms with van der Waals surface area (Å²) in [6.45, 7) is 8.92. The Bertz CT molecular complexity index is 590. The highest BCUT2D eigenvalue weighted by molar-refractivity contribution is 5.89. The summed E-state index contributed by atoms with van der Waals surface area (Å²) < 4.78 is 2.37. The van der Waals surface area contributed by atoms with Crippen LogP contribution < -0.4 is 5.32 Å². The molecule has 3 rings (SSSR count). The SMILES string of the molecule is Cc1cccc2c3c(n(C)c12)CNCC3(C)C. The van der Waals surface area contributed by atoms with E-state index in [4.69, 9.17) is 0 Å². The van der Waals surface area contributed by atoms with E-state index in [2.05, 4.69) is 55.9 Å². The minimum absolute atomic E-state index is 0.223. The van der Waals surface area contributed by atoms with Crippen LogP contribution in [0.15, 0.2) is 18.2 Å². The molecule has 0 spiro atoms. The molecule has 1 aliphatic rings. The van der Waals surface area contributed by atoms with Gasteiger partial charge in [-0.1, -0.05) is 32.0 Å². The molecule has 2 nitrogen and oxygen atoms in total. The van der Waals surface area contributed by atoms with Crippen LogP contribution in [0.1, 0.15) is 30.7 Å². The summed E-state index contributed by atoms with van der Waals surface area (Å²) in [5.41, 5.74) is 5.98. The lowest BCUT2D eigenvalue weighted by atomic mass is 9.80. The number of rotatable bonds is 0. The molecule has 2 aromatic rings. The van der Waals surface area contributed by atoms with Crippen LogP contribution in [0.3, 0.4) is 0 Å². The molecule has 1 aromatic carbocycles. The molecule has 0 unspecified atom stereocenters. The summed E-state index contributed by atoms with van der Waals surface area (Å²) in [6.07, 6.45) is 0. The highest BCUT2D eigenvalue weighted by Gasteiger charge is 2.32. The predicted octanol–water partition coefficient (Wildman–Crippen LogP) is 2.87. The Hall–Kier alpha value is -1.28. The van der Waals surface area contributed by atoms with Crippen molar-refractivity contribution >= 4 is 10.9 Å². The fourth-order valence-corrected chi connectivity index (χ4v) is 3.31. The molecule has 17 heavy (non-hydrogen) atoms. The monoisotopic (exact) mass is 228 g/mol. The first-order valence-electron chi connectivity index (χ1n) is 6.30. The maximum Gasteiger partial charge on any atom is 0.0513 e. The fraction of sp³-hybridized carbons (Fsp3) is 0.467. The second-order valence-electron chi connectivity index (χ2n) is 5.84. The lowest BCUT2D eigenvalue weighted by molar-refractivity contribution is 0.429. The summed E-state index contributed by atoms with van der Waals surface area (Å²) in [7, 11) is 2.19. The first-order valence-corrected chi connectivity index (χ1v) is 6.30. The van der Waals surface area contributed by atoms with Crippen LogP contribution in [-0.4, -0.2) is 11.1 Å². The van der Waals surface area contributed by atoms with E-state index in [0.29, 0.717) is 0 Å². The molecule has 0 aliphatic carbocycles. The van der Waals surface area contributed by atoms with Gasteiger partial charge in [-0.3, -0.25) is 0 Å². The molecule has 0 saturated carbocycles. The maximum absolute atomic E-state index is 3.53. The summed E-state index contributed by atoms with van der Waals surface area (Å²) in [6, 6.07) is 6.65. The molecule has 0 amide bonds. The van der Waals surface area contributed by atoms with Crippen molar-refractivity contribution < 1.29 is 0 Å². The van der Waals surface area contributed by atoms with Crippen molar-refractivity contribution in [1.82, 2.24) is 9.88 Å². The van der Waals surface area contributed by atoms with Gasteiger partial charge in [0.2, 0.25) is 0 Å². The van der Waals surface area contributed by atoms with Crippen molar-refractivity contribution in [3.8, 4) is 0 Å². The third-order valence-electron chi connectivity index (χ3n) is 4.07.